The molecular weight excluding hydrogens is 358 g/mol. The van der Waals surface area contributed by atoms with Crippen LogP contribution in [0.5, 0.6) is 0 Å². The molecule has 0 bridgehead atoms. The predicted molar refractivity (Wildman–Crippen MR) is 98.6 cm³/mol. The van der Waals surface area contributed by atoms with Crippen LogP contribution in [-0.4, -0.2) is 36.8 Å². The summed E-state index contributed by atoms with van der Waals surface area (Å²) < 4.78 is 9.79. The van der Waals surface area contributed by atoms with E-state index in [-0.39, 0.29) is 23.0 Å². The molecule has 0 aromatic carbocycles. The van der Waals surface area contributed by atoms with Crippen LogP contribution in [0.15, 0.2) is 24.3 Å². The summed E-state index contributed by atoms with van der Waals surface area (Å²) >= 11 is 0.982. The first-order chi connectivity index (χ1) is 12.3. The maximum Gasteiger partial charge on any atom is 0.341 e. The highest BCUT2D eigenvalue weighted by molar-refractivity contribution is 7.18. The van der Waals surface area contributed by atoms with E-state index in [9.17, 15) is 19.2 Å². The number of carbonyl (C=O) groups excluding carboxylic acids is 4. The molecule has 0 radical (unpaired) electrons. The molecule has 26 heavy (non-hydrogen) atoms. The average Bonchev–Trinajstić information content (AvgIpc) is 2.90. The van der Waals surface area contributed by atoms with E-state index >= 15 is 0 Å². The fraction of sp³-hybridized carbons (Fsp3) is 0.333. The molecule has 0 saturated carbocycles. The molecule has 0 spiro atoms. The number of thiophene rings is 1. The van der Waals surface area contributed by atoms with Gasteiger partial charge in [-0.3, -0.25) is 9.59 Å². The van der Waals surface area contributed by atoms with E-state index in [0.717, 1.165) is 11.3 Å². The Morgan fingerprint density at radius 2 is 1.85 bits per heavy atom. The second kappa shape index (κ2) is 10.3. The van der Waals surface area contributed by atoms with Crippen LogP contribution >= 0.6 is 11.3 Å². The summed E-state index contributed by atoms with van der Waals surface area (Å²) in [6.07, 6.45) is 6.05. The molecule has 0 atom stereocenters. The van der Waals surface area contributed by atoms with Crippen molar-refractivity contribution in [2.45, 2.75) is 27.7 Å². The van der Waals surface area contributed by atoms with Gasteiger partial charge in [-0.25, -0.2) is 9.59 Å². The summed E-state index contributed by atoms with van der Waals surface area (Å²) in [7, 11) is 0. The number of anilines is 1. The van der Waals surface area contributed by atoms with Gasteiger partial charge in [0.15, 0.2) is 12.4 Å². The van der Waals surface area contributed by atoms with Crippen molar-refractivity contribution in [3.63, 3.8) is 0 Å². The Balaban J connectivity index is 2.89. The number of Topliss-reactive ketones (excluding diaryl/α,β-unsaturated/α-hetero) is 1. The van der Waals surface area contributed by atoms with Gasteiger partial charge in [0.25, 0.3) is 5.91 Å². The number of esters is 2. The number of allylic oxidation sites excluding steroid dienone is 3. The fourth-order valence-corrected chi connectivity index (χ4v) is 3.09. The van der Waals surface area contributed by atoms with Crippen molar-refractivity contribution < 1.29 is 28.7 Å². The zero-order chi connectivity index (χ0) is 19.7. The molecule has 0 aliphatic rings. The molecule has 1 heterocycles. The van der Waals surface area contributed by atoms with Gasteiger partial charge < -0.3 is 14.8 Å². The minimum absolute atomic E-state index is 0.134. The lowest BCUT2D eigenvalue weighted by molar-refractivity contribution is -0.142. The summed E-state index contributed by atoms with van der Waals surface area (Å²) in [6, 6.07) is 0. The van der Waals surface area contributed by atoms with Gasteiger partial charge in [0, 0.05) is 6.08 Å². The zero-order valence-electron chi connectivity index (χ0n) is 15.1. The predicted octanol–water partition coefficient (Wildman–Crippen LogP) is 3.05. The number of nitrogens with one attached hydrogen (secondary N) is 1. The normalized spacial score (nSPS) is 10.9. The van der Waals surface area contributed by atoms with Crippen molar-refractivity contribution >= 4 is 40.0 Å². The molecule has 0 saturated heterocycles. The van der Waals surface area contributed by atoms with Crippen molar-refractivity contribution in [3.05, 3.63) is 40.3 Å². The number of hydrogen-bond acceptors (Lipinski definition) is 7. The topological polar surface area (TPSA) is 98.8 Å². The van der Waals surface area contributed by atoms with Gasteiger partial charge >= 0.3 is 11.9 Å². The summed E-state index contributed by atoms with van der Waals surface area (Å²) in [6.45, 7) is 6.08. The molecular formula is C18H21NO6S. The van der Waals surface area contributed by atoms with Crippen LogP contribution in [0.3, 0.4) is 0 Å². The Labute approximate surface area is 155 Å². The van der Waals surface area contributed by atoms with Gasteiger partial charge in [-0.1, -0.05) is 18.2 Å². The second-order valence-corrected chi connectivity index (χ2v) is 6.10. The Morgan fingerprint density at radius 1 is 1.15 bits per heavy atom. The van der Waals surface area contributed by atoms with Crippen LogP contribution in [0.25, 0.3) is 0 Å². The van der Waals surface area contributed by atoms with Crippen molar-refractivity contribution in [1.82, 2.24) is 0 Å². The maximum absolute atomic E-state index is 12.1. The molecule has 8 heteroatoms. The van der Waals surface area contributed by atoms with Crippen molar-refractivity contribution in [2.24, 2.45) is 0 Å². The fourth-order valence-electron chi connectivity index (χ4n) is 1.98. The maximum atomic E-state index is 12.1. The molecule has 0 fully saturated rings. The number of ether oxygens (including phenoxy) is 2. The third kappa shape index (κ3) is 5.96. The molecule has 0 unspecified atom stereocenters. The van der Waals surface area contributed by atoms with Gasteiger partial charge in [-0.05, 0) is 33.3 Å². The highest BCUT2D eigenvalue weighted by Gasteiger charge is 2.25. The average molecular weight is 379 g/mol. The third-order valence-electron chi connectivity index (χ3n) is 3.08. The van der Waals surface area contributed by atoms with Crippen LogP contribution in [-0.2, 0) is 19.1 Å². The van der Waals surface area contributed by atoms with Crippen molar-refractivity contribution in [2.75, 3.05) is 18.5 Å². The first kappa shape index (κ1) is 21.3. The highest BCUT2D eigenvalue weighted by atomic mass is 32.1. The van der Waals surface area contributed by atoms with E-state index in [1.807, 2.05) is 0 Å². The van der Waals surface area contributed by atoms with E-state index < -0.39 is 24.5 Å². The Morgan fingerprint density at radius 3 is 2.42 bits per heavy atom. The smallest absolute Gasteiger partial charge is 0.341 e. The molecule has 1 amide bonds. The Hall–Kier alpha value is -2.74. The van der Waals surface area contributed by atoms with E-state index in [2.05, 4.69) is 5.32 Å². The summed E-state index contributed by atoms with van der Waals surface area (Å²) in [4.78, 5) is 47.7. The van der Waals surface area contributed by atoms with Crippen LogP contribution in [0.2, 0.25) is 0 Å². The summed E-state index contributed by atoms with van der Waals surface area (Å²) in [5, 5.41) is 2.69. The van der Waals surface area contributed by atoms with Crippen LogP contribution in [0, 0.1) is 6.92 Å². The number of amides is 1. The molecule has 140 valence electrons. The van der Waals surface area contributed by atoms with Gasteiger partial charge in [0.2, 0.25) is 0 Å². The van der Waals surface area contributed by atoms with Gasteiger partial charge in [-0.2, -0.15) is 0 Å². The van der Waals surface area contributed by atoms with E-state index in [1.165, 1.54) is 19.1 Å². The quantitative estimate of drug-likeness (QED) is 0.323. The zero-order valence-corrected chi connectivity index (χ0v) is 15.9. The second-order valence-electron chi connectivity index (χ2n) is 5.08. The third-order valence-corrected chi connectivity index (χ3v) is 4.39. The first-order valence-corrected chi connectivity index (χ1v) is 8.70. The van der Waals surface area contributed by atoms with E-state index in [0.29, 0.717) is 10.4 Å². The number of carbonyl (C=O) groups is 4. The molecule has 0 aliphatic heterocycles. The van der Waals surface area contributed by atoms with Gasteiger partial charge in [0.05, 0.1) is 17.0 Å². The molecule has 1 aromatic rings. The van der Waals surface area contributed by atoms with Gasteiger partial charge in [-0.15, -0.1) is 11.3 Å². The summed E-state index contributed by atoms with van der Waals surface area (Å²) in [5.41, 5.74) is 0.581. The lowest BCUT2D eigenvalue weighted by atomic mass is 10.1. The van der Waals surface area contributed by atoms with Crippen LogP contribution in [0.4, 0.5) is 5.00 Å². The lowest BCUT2D eigenvalue weighted by Gasteiger charge is -2.07. The van der Waals surface area contributed by atoms with Crippen LogP contribution < -0.4 is 5.32 Å². The van der Waals surface area contributed by atoms with Crippen molar-refractivity contribution in [1.29, 1.82) is 0 Å². The SMILES string of the molecule is C/C=C/C=C/C(=O)OCC(=O)Nc1sc(C(C)=O)c(C)c1C(=O)OCC. The molecule has 1 aromatic heterocycles. The number of rotatable bonds is 8. The Kier molecular flexibility index (Phi) is 8.44. The van der Waals surface area contributed by atoms with Gasteiger partial charge in [0.1, 0.15) is 5.00 Å². The number of hydrogen-bond donors (Lipinski definition) is 1. The lowest BCUT2D eigenvalue weighted by Crippen LogP contribution is -2.21. The van der Waals surface area contributed by atoms with Crippen molar-refractivity contribution in [3.8, 4) is 0 Å². The molecule has 0 aliphatic carbocycles. The van der Waals surface area contributed by atoms with E-state index in [1.54, 1.807) is 32.9 Å². The molecule has 1 N–H and O–H groups in total. The van der Waals surface area contributed by atoms with E-state index in [4.69, 9.17) is 9.47 Å². The Bertz CT molecular complexity index is 760. The summed E-state index contributed by atoms with van der Waals surface area (Å²) in [5.74, 6) is -2.15. The van der Waals surface area contributed by atoms with Crippen LogP contribution in [0.1, 0.15) is 46.4 Å². The monoisotopic (exact) mass is 379 g/mol. The minimum atomic E-state index is -0.671. The number of ketones is 1. The molecule has 7 nitrogen and oxygen atoms in total. The largest absolute Gasteiger partial charge is 0.462 e. The standard InChI is InChI=1S/C18H21NO6S/c1-5-7-8-9-14(22)25-10-13(21)19-17-15(18(23)24-6-2)11(3)16(26-17)12(4)20/h5,7-9H,6,10H2,1-4H3,(H,19,21)/b7-5+,9-8+. The first-order valence-electron chi connectivity index (χ1n) is 7.89. The highest BCUT2D eigenvalue weighted by Crippen LogP contribution is 2.34. The molecule has 1 rings (SSSR count). The minimum Gasteiger partial charge on any atom is -0.462 e.